The minimum atomic E-state index is -3.93. The Labute approximate surface area is 225 Å². The maximum absolute atomic E-state index is 13.4. The molecular weight excluding hydrogens is 500 g/mol. The molecule has 202 valence electrons. The summed E-state index contributed by atoms with van der Waals surface area (Å²) in [5.41, 5.74) is 5.48. The molecule has 0 aromatic heterocycles. The van der Waals surface area contributed by atoms with Crippen LogP contribution in [0.25, 0.3) is 5.57 Å². The average molecular weight is 537 g/mol. The van der Waals surface area contributed by atoms with Gasteiger partial charge in [-0.2, -0.15) is 4.31 Å². The van der Waals surface area contributed by atoms with Crippen LogP contribution in [0.4, 0.5) is 0 Å². The summed E-state index contributed by atoms with van der Waals surface area (Å²) in [5, 5.41) is 5.81. The number of benzene rings is 2. The molecule has 2 fully saturated rings. The third-order valence-electron chi connectivity index (χ3n) is 7.85. The van der Waals surface area contributed by atoms with Gasteiger partial charge in [0.05, 0.1) is 17.4 Å². The van der Waals surface area contributed by atoms with E-state index in [4.69, 9.17) is 0 Å². The number of likely N-dealkylation sites (tertiary alicyclic amines) is 1. The predicted octanol–water partition coefficient (Wildman–Crippen LogP) is 2.79. The van der Waals surface area contributed by atoms with Gasteiger partial charge >= 0.3 is 0 Å². The van der Waals surface area contributed by atoms with E-state index in [2.05, 4.69) is 40.3 Å². The van der Waals surface area contributed by atoms with E-state index >= 15 is 0 Å². The molecule has 5 rings (SSSR count). The van der Waals surface area contributed by atoms with Crippen molar-refractivity contribution in [3.63, 3.8) is 0 Å². The normalized spacial score (nSPS) is 22.2. The minimum Gasteiger partial charge on any atom is -0.353 e. The lowest BCUT2D eigenvalue weighted by Crippen LogP contribution is -2.58. The first-order valence-electron chi connectivity index (χ1n) is 13.4. The lowest BCUT2D eigenvalue weighted by molar-refractivity contribution is -0.132. The Hall–Kier alpha value is -3.01. The van der Waals surface area contributed by atoms with Crippen LogP contribution in [0, 0.1) is 6.92 Å². The van der Waals surface area contributed by atoms with Crippen molar-refractivity contribution in [2.24, 2.45) is 0 Å². The fourth-order valence-electron chi connectivity index (χ4n) is 5.54. The number of carbonyl (C=O) groups excluding carboxylic acids is 2. The number of hydrogen-bond acceptors (Lipinski definition) is 5. The van der Waals surface area contributed by atoms with Crippen molar-refractivity contribution in [2.75, 3.05) is 32.7 Å². The zero-order valence-corrected chi connectivity index (χ0v) is 22.7. The molecule has 2 atom stereocenters. The number of hydrogen-bond donors (Lipinski definition) is 2. The first-order valence-corrected chi connectivity index (χ1v) is 14.9. The summed E-state index contributed by atoms with van der Waals surface area (Å²) in [7, 11) is -3.93. The summed E-state index contributed by atoms with van der Waals surface area (Å²) in [4.78, 5) is 28.5. The lowest BCUT2D eigenvalue weighted by atomic mass is 9.85. The van der Waals surface area contributed by atoms with Crippen LogP contribution in [0.3, 0.4) is 0 Å². The van der Waals surface area contributed by atoms with Crippen LogP contribution in [0.5, 0.6) is 0 Å². The molecule has 2 aromatic carbocycles. The number of carbonyl (C=O) groups is 2. The van der Waals surface area contributed by atoms with E-state index in [0.29, 0.717) is 0 Å². The Kier molecular flexibility index (Phi) is 7.70. The number of aryl methyl sites for hydroxylation is 2. The van der Waals surface area contributed by atoms with Gasteiger partial charge < -0.3 is 10.6 Å². The number of nitrogens with zero attached hydrogens (tertiary/aromatic N) is 2. The van der Waals surface area contributed by atoms with Crippen molar-refractivity contribution < 1.29 is 18.0 Å². The molecule has 8 nitrogen and oxygen atoms in total. The Morgan fingerprint density at radius 3 is 2.58 bits per heavy atom. The third kappa shape index (κ3) is 5.55. The summed E-state index contributed by atoms with van der Waals surface area (Å²) < 4.78 is 27.9. The number of amides is 2. The molecule has 9 heteroatoms. The fraction of sp³-hybridized carbons (Fsp3) is 0.448. The van der Waals surface area contributed by atoms with Crippen molar-refractivity contribution >= 4 is 27.4 Å². The molecule has 0 unspecified atom stereocenters. The number of nitrogens with one attached hydrogen (secondary N) is 2. The van der Waals surface area contributed by atoms with E-state index in [1.807, 2.05) is 6.92 Å². The number of fused-ring (bicyclic) bond motifs is 1. The van der Waals surface area contributed by atoms with E-state index in [9.17, 15) is 18.0 Å². The molecule has 2 aromatic rings. The van der Waals surface area contributed by atoms with Gasteiger partial charge in [-0.1, -0.05) is 42.5 Å². The van der Waals surface area contributed by atoms with E-state index in [1.54, 1.807) is 24.3 Å². The van der Waals surface area contributed by atoms with Crippen molar-refractivity contribution in [1.29, 1.82) is 0 Å². The van der Waals surface area contributed by atoms with Crippen LogP contribution in [-0.2, 0) is 26.0 Å². The zero-order valence-electron chi connectivity index (χ0n) is 21.9. The van der Waals surface area contributed by atoms with Crippen molar-refractivity contribution in [3.8, 4) is 0 Å². The highest BCUT2D eigenvalue weighted by molar-refractivity contribution is 7.89. The van der Waals surface area contributed by atoms with Crippen LogP contribution in [0.1, 0.15) is 54.0 Å². The molecule has 1 aliphatic carbocycles. The van der Waals surface area contributed by atoms with Crippen LogP contribution in [-0.4, -0.2) is 68.2 Å². The SMILES string of the molecule is C=C(CN1CCC1)c1ccc2c(c1)CCC[C@H]2NC(=O)C[C@@H]1C(=O)NCCN1S(=O)(=O)c1ccc(C)cc1. The van der Waals surface area contributed by atoms with Gasteiger partial charge in [-0.05, 0) is 80.1 Å². The molecule has 38 heavy (non-hydrogen) atoms. The molecule has 2 heterocycles. The predicted molar refractivity (Wildman–Crippen MR) is 147 cm³/mol. The van der Waals surface area contributed by atoms with Gasteiger partial charge in [0, 0.05) is 19.6 Å². The van der Waals surface area contributed by atoms with Gasteiger partial charge in [0.25, 0.3) is 0 Å². The summed E-state index contributed by atoms with van der Waals surface area (Å²) >= 11 is 0. The second-order valence-corrected chi connectivity index (χ2v) is 12.5. The molecule has 2 saturated heterocycles. The molecule has 2 amide bonds. The Morgan fingerprint density at radius 1 is 1.11 bits per heavy atom. The van der Waals surface area contributed by atoms with E-state index in [-0.39, 0.29) is 36.4 Å². The Balaban J connectivity index is 1.28. The van der Waals surface area contributed by atoms with Gasteiger partial charge in [0.15, 0.2) is 0 Å². The first-order chi connectivity index (χ1) is 18.2. The van der Waals surface area contributed by atoms with E-state index < -0.39 is 22.0 Å². The Bertz CT molecular complexity index is 1330. The van der Waals surface area contributed by atoms with Crippen molar-refractivity contribution in [3.05, 3.63) is 71.3 Å². The summed E-state index contributed by atoms with van der Waals surface area (Å²) in [6.45, 7) is 9.63. The Morgan fingerprint density at radius 2 is 1.87 bits per heavy atom. The van der Waals surface area contributed by atoms with Crippen molar-refractivity contribution in [1.82, 2.24) is 19.8 Å². The second kappa shape index (κ2) is 11.0. The standard InChI is InChI=1S/C29H36N4O4S/c1-20-7-10-24(11-8-20)38(36,37)33-16-13-30-29(35)27(33)18-28(34)31-26-6-3-5-23-17-22(9-12-25(23)26)21(2)19-32-14-4-15-32/h7-12,17,26-27H,2-6,13-16,18-19H2,1H3,(H,30,35)(H,31,34)/t26-,27-/m1/s1. The number of sulfonamides is 1. The van der Waals surface area contributed by atoms with Crippen LogP contribution >= 0.6 is 0 Å². The van der Waals surface area contributed by atoms with Gasteiger partial charge in [-0.15, -0.1) is 0 Å². The number of piperazine rings is 1. The summed E-state index contributed by atoms with van der Waals surface area (Å²) in [6.07, 6.45) is 3.71. The summed E-state index contributed by atoms with van der Waals surface area (Å²) in [5.74, 6) is -0.781. The first kappa shape index (κ1) is 26.6. The molecule has 3 aliphatic rings. The molecular formula is C29H36N4O4S. The molecule has 0 saturated carbocycles. The monoisotopic (exact) mass is 536 g/mol. The number of rotatable bonds is 8. The summed E-state index contributed by atoms with van der Waals surface area (Å²) in [6, 6.07) is 11.6. The largest absolute Gasteiger partial charge is 0.353 e. The smallest absolute Gasteiger partial charge is 0.243 e. The quantitative estimate of drug-likeness (QED) is 0.541. The fourth-order valence-corrected chi connectivity index (χ4v) is 7.12. The molecule has 2 N–H and O–H groups in total. The van der Waals surface area contributed by atoms with Crippen LogP contribution < -0.4 is 10.6 Å². The molecule has 0 radical (unpaired) electrons. The topological polar surface area (TPSA) is 98.8 Å². The van der Waals surface area contributed by atoms with E-state index in [0.717, 1.165) is 61.2 Å². The van der Waals surface area contributed by atoms with Gasteiger partial charge in [0.1, 0.15) is 6.04 Å². The highest BCUT2D eigenvalue weighted by Crippen LogP contribution is 2.32. The maximum atomic E-state index is 13.4. The van der Waals surface area contributed by atoms with Crippen molar-refractivity contribution in [2.45, 2.75) is 56.0 Å². The molecule has 0 bridgehead atoms. The molecule has 2 aliphatic heterocycles. The average Bonchev–Trinajstić information content (AvgIpc) is 2.87. The van der Waals surface area contributed by atoms with Gasteiger partial charge in [-0.25, -0.2) is 8.42 Å². The second-order valence-electron chi connectivity index (χ2n) is 10.6. The lowest BCUT2D eigenvalue weighted by Gasteiger charge is -2.34. The van der Waals surface area contributed by atoms with Crippen LogP contribution in [0.2, 0.25) is 0 Å². The molecule has 0 spiro atoms. The van der Waals surface area contributed by atoms with Gasteiger partial charge in [0.2, 0.25) is 21.8 Å². The van der Waals surface area contributed by atoms with Crippen LogP contribution in [0.15, 0.2) is 53.9 Å². The van der Waals surface area contributed by atoms with Gasteiger partial charge in [-0.3, -0.25) is 14.5 Å². The zero-order chi connectivity index (χ0) is 26.9. The third-order valence-corrected chi connectivity index (χ3v) is 9.77. The highest BCUT2D eigenvalue weighted by Gasteiger charge is 2.40. The highest BCUT2D eigenvalue weighted by atomic mass is 32.2. The van der Waals surface area contributed by atoms with E-state index in [1.165, 1.54) is 16.3 Å². The maximum Gasteiger partial charge on any atom is 0.243 e. The minimum absolute atomic E-state index is 0.121.